The van der Waals surface area contributed by atoms with Crippen molar-refractivity contribution in [2.75, 3.05) is 18.4 Å². The molecule has 0 spiro atoms. The number of nitrogens with one attached hydrogen (secondary N) is 2. The van der Waals surface area contributed by atoms with E-state index in [0.717, 1.165) is 18.7 Å². The third-order valence-corrected chi connectivity index (χ3v) is 2.38. The van der Waals surface area contributed by atoms with Crippen LogP contribution < -0.4 is 16.4 Å². The third kappa shape index (κ3) is 4.86. The molecule has 0 saturated heterocycles. The molecule has 1 aromatic rings. The maximum atomic E-state index is 11.7. The van der Waals surface area contributed by atoms with Crippen LogP contribution in [0.25, 0.3) is 0 Å². The molecule has 0 heterocycles. The van der Waals surface area contributed by atoms with Crippen LogP contribution in [0.15, 0.2) is 24.3 Å². The fourth-order valence-corrected chi connectivity index (χ4v) is 1.41. The standard InChI is InChI=1S/C13H19N3O2/c1-2-8-15-11-5-3-10(4-6-11)13(18)16-9-7-12(14)17/h3-6,15H,2,7-9H2,1H3,(H2,14,17)(H,16,18). The van der Waals surface area contributed by atoms with Crippen LogP contribution in [0.2, 0.25) is 0 Å². The van der Waals surface area contributed by atoms with Crippen LogP contribution in [0.1, 0.15) is 30.1 Å². The molecule has 4 N–H and O–H groups in total. The van der Waals surface area contributed by atoms with E-state index in [2.05, 4.69) is 17.6 Å². The molecule has 0 atom stereocenters. The molecule has 0 fully saturated rings. The van der Waals surface area contributed by atoms with Gasteiger partial charge in [0, 0.05) is 30.8 Å². The molecule has 0 aliphatic rings. The molecular weight excluding hydrogens is 230 g/mol. The normalized spacial score (nSPS) is 9.83. The van der Waals surface area contributed by atoms with Crippen molar-refractivity contribution in [2.24, 2.45) is 5.73 Å². The zero-order chi connectivity index (χ0) is 13.4. The van der Waals surface area contributed by atoms with Crippen molar-refractivity contribution < 1.29 is 9.59 Å². The lowest BCUT2D eigenvalue weighted by Crippen LogP contribution is -2.27. The molecule has 0 saturated carbocycles. The first-order chi connectivity index (χ1) is 8.63. The smallest absolute Gasteiger partial charge is 0.251 e. The molecule has 0 aliphatic heterocycles. The van der Waals surface area contributed by atoms with Crippen LogP contribution in [0, 0.1) is 0 Å². The Labute approximate surface area is 107 Å². The quantitative estimate of drug-likeness (QED) is 0.677. The van der Waals surface area contributed by atoms with E-state index in [4.69, 9.17) is 5.73 Å². The topological polar surface area (TPSA) is 84.2 Å². The van der Waals surface area contributed by atoms with E-state index in [1.807, 2.05) is 12.1 Å². The van der Waals surface area contributed by atoms with E-state index < -0.39 is 5.91 Å². The van der Waals surface area contributed by atoms with Crippen molar-refractivity contribution in [2.45, 2.75) is 19.8 Å². The summed E-state index contributed by atoms with van der Waals surface area (Å²) in [5.74, 6) is -0.618. The summed E-state index contributed by atoms with van der Waals surface area (Å²) in [6, 6.07) is 7.21. The molecule has 0 aromatic heterocycles. The highest BCUT2D eigenvalue weighted by Crippen LogP contribution is 2.09. The van der Waals surface area contributed by atoms with Crippen molar-refractivity contribution in [3.63, 3.8) is 0 Å². The molecule has 0 radical (unpaired) electrons. The largest absolute Gasteiger partial charge is 0.385 e. The second kappa shape index (κ2) is 7.32. The van der Waals surface area contributed by atoms with Gasteiger partial charge >= 0.3 is 0 Å². The third-order valence-electron chi connectivity index (χ3n) is 2.38. The lowest BCUT2D eigenvalue weighted by molar-refractivity contribution is -0.117. The Bertz CT molecular complexity index is 401. The molecule has 5 nitrogen and oxygen atoms in total. The lowest BCUT2D eigenvalue weighted by Gasteiger charge is -2.06. The number of primary amides is 1. The summed E-state index contributed by atoms with van der Waals surface area (Å²) in [5, 5.41) is 5.86. The van der Waals surface area contributed by atoms with Crippen molar-refractivity contribution in [3.05, 3.63) is 29.8 Å². The Morgan fingerprint density at radius 2 is 1.83 bits per heavy atom. The molecule has 5 heteroatoms. The number of amides is 2. The Hall–Kier alpha value is -2.04. The van der Waals surface area contributed by atoms with Gasteiger partial charge in [0.05, 0.1) is 0 Å². The first-order valence-electron chi connectivity index (χ1n) is 6.04. The second-order valence-corrected chi connectivity index (χ2v) is 3.98. The van der Waals surface area contributed by atoms with Crippen LogP contribution in [0.5, 0.6) is 0 Å². The van der Waals surface area contributed by atoms with E-state index in [-0.39, 0.29) is 18.9 Å². The van der Waals surface area contributed by atoms with Gasteiger partial charge in [0.2, 0.25) is 5.91 Å². The number of hydrogen-bond donors (Lipinski definition) is 3. The van der Waals surface area contributed by atoms with E-state index in [0.29, 0.717) is 5.56 Å². The van der Waals surface area contributed by atoms with Crippen LogP contribution in [0.4, 0.5) is 5.69 Å². The number of hydrogen-bond acceptors (Lipinski definition) is 3. The van der Waals surface area contributed by atoms with Gasteiger partial charge in [-0.15, -0.1) is 0 Å². The number of anilines is 1. The van der Waals surface area contributed by atoms with Gasteiger partial charge in [-0.05, 0) is 30.7 Å². The number of nitrogens with two attached hydrogens (primary N) is 1. The van der Waals surface area contributed by atoms with Gasteiger partial charge in [-0.1, -0.05) is 6.92 Å². The van der Waals surface area contributed by atoms with Crippen LogP contribution in [-0.4, -0.2) is 24.9 Å². The summed E-state index contributed by atoms with van der Waals surface area (Å²) < 4.78 is 0. The molecule has 1 aromatic carbocycles. The number of benzene rings is 1. The average molecular weight is 249 g/mol. The monoisotopic (exact) mass is 249 g/mol. The van der Waals surface area contributed by atoms with Crippen molar-refractivity contribution >= 4 is 17.5 Å². The minimum Gasteiger partial charge on any atom is -0.385 e. The highest BCUT2D eigenvalue weighted by Gasteiger charge is 2.05. The van der Waals surface area contributed by atoms with Gasteiger partial charge in [-0.25, -0.2) is 0 Å². The molecule has 0 unspecified atom stereocenters. The predicted molar refractivity (Wildman–Crippen MR) is 71.4 cm³/mol. The van der Waals surface area contributed by atoms with Crippen LogP contribution >= 0.6 is 0 Å². The summed E-state index contributed by atoms with van der Waals surface area (Å²) in [6.07, 6.45) is 1.21. The highest BCUT2D eigenvalue weighted by molar-refractivity contribution is 5.94. The summed E-state index contributed by atoms with van der Waals surface area (Å²) in [5.41, 5.74) is 6.55. The fourth-order valence-electron chi connectivity index (χ4n) is 1.41. The summed E-state index contributed by atoms with van der Waals surface area (Å²) >= 11 is 0. The molecule has 1 rings (SSSR count). The summed E-state index contributed by atoms with van der Waals surface area (Å²) in [4.78, 5) is 22.2. The predicted octanol–water partition coefficient (Wildman–Crippen LogP) is 1.11. The van der Waals surface area contributed by atoms with E-state index >= 15 is 0 Å². The van der Waals surface area contributed by atoms with E-state index in [9.17, 15) is 9.59 Å². The molecule has 0 aliphatic carbocycles. The Kier molecular flexibility index (Phi) is 5.70. The minimum atomic E-state index is -0.422. The van der Waals surface area contributed by atoms with Crippen LogP contribution in [0.3, 0.4) is 0 Å². The van der Waals surface area contributed by atoms with Crippen molar-refractivity contribution in [1.29, 1.82) is 0 Å². The Balaban J connectivity index is 2.46. The average Bonchev–Trinajstić information content (AvgIpc) is 2.36. The zero-order valence-electron chi connectivity index (χ0n) is 10.5. The summed E-state index contributed by atoms with van der Waals surface area (Å²) in [7, 11) is 0. The van der Waals surface area contributed by atoms with Gasteiger partial charge < -0.3 is 16.4 Å². The van der Waals surface area contributed by atoms with Gasteiger partial charge in [0.25, 0.3) is 5.91 Å². The summed E-state index contributed by atoms with van der Waals surface area (Å²) in [6.45, 7) is 3.27. The van der Waals surface area contributed by atoms with Crippen LogP contribution in [-0.2, 0) is 4.79 Å². The lowest BCUT2D eigenvalue weighted by atomic mass is 10.2. The number of carbonyl (C=O) groups excluding carboxylic acids is 2. The number of carbonyl (C=O) groups is 2. The molecule has 98 valence electrons. The van der Waals surface area contributed by atoms with Gasteiger partial charge in [0.1, 0.15) is 0 Å². The van der Waals surface area contributed by atoms with Gasteiger partial charge in [-0.3, -0.25) is 9.59 Å². The SMILES string of the molecule is CCCNc1ccc(C(=O)NCCC(N)=O)cc1. The molecule has 2 amide bonds. The molecule has 18 heavy (non-hydrogen) atoms. The van der Waals surface area contributed by atoms with Gasteiger partial charge in [-0.2, -0.15) is 0 Å². The Morgan fingerprint density at radius 1 is 1.17 bits per heavy atom. The first kappa shape index (κ1) is 14.0. The molecule has 0 bridgehead atoms. The highest BCUT2D eigenvalue weighted by atomic mass is 16.2. The van der Waals surface area contributed by atoms with E-state index in [1.54, 1.807) is 12.1 Å². The van der Waals surface area contributed by atoms with Gasteiger partial charge in [0.15, 0.2) is 0 Å². The second-order valence-electron chi connectivity index (χ2n) is 3.98. The maximum Gasteiger partial charge on any atom is 0.251 e. The van der Waals surface area contributed by atoms with E-state index in [1.165, 1.54) is 0 Å². The van der Waals surface area contributed by atoms with Crippen molar-refractivity contribution in [3.8, 4) is 0 Å². The Morgan fingerprint density at radius 3 is 2.39 bits per heavy atom. The maximum absolute atomic E-state index is 11.7. The fraction of sp³-hybridized carbons (Fsp3) is 0.385. The molecular formula is C13H19N3O2. The minimum absolute atomic E-state index is 0.155. The number of rotatable bonds is 7. The van der Waals surface area contributed by atoms with Crippen molar-refractivity contribution in [1.82, 2.24) is 5.32 Å². The zero-order valence-corrected chi connectivity index (χ0v) is 10.5. The first-order valence-corrected chi connectivity index (χ1v) is 6.04.